The number of carbonyl (C=O) groups excluding carboxylic acids is 1. The summed E-state index contributed by atoms with van der Waals surface area (Å²) in [7, 11) is 1.99. The molecule has 1 amide bonds. The van der Waals surface area contributed by atoms with Crippen molar-refractivity contribution in [3.63, 3.8) is 0 Å². The number of halogens is 3. The molecule has 1 heterocycles. The Bertz CT molecular complexity index is 1070. The van der Waals surface area contributed by atoms with Gasteiger partial charge in [0.25, 0.3) is 5.91 Å². The topological polar surface area (TPSA) is 50.2 Å². The Balaban J connectivity index is 1.44. The van der Waals surface area contributed by atoms with E-state index in [0.717, 1.165) is 31.5 Å². The van der Waals surface area contributed by atoms with Crippen LogP contribution >= 0.6 is 0 Å². The molecule has 5 nitrogen and oxygen atoms in total. The molecule has 0 unspecified atom stereocenters. The van der Waals surface area contributed by atoms with Crippen molar-refractivity contribution in [2.45, 2.75) is 31.5 Å². The zero-order valence-corrected chi connectivity index (χ0v) is 17.8. The van der Waals surface area contributed by atoms with E-state index in [2.05, 4.69) is 27.4 Å². The van der Waals surface area contributed by atoms with Gasteiger partial charge >= 0.3 is 6.18 Å². The third kappa shape index (κ3) is 5.19. The highest BCUT2D eigenvalue weighted by Gasteiger charge is 2.34. The summed E-state index contributed by atoms with van der Waals surface area (Å²) in [6, 6.07) is 15.1. The van der Waals surface area contributed by atoms with Gasteiger partial charge in [-0.3, -0.25) is 4.79 Å². The van der Waals surface area contributed by atoms with Gasteiger partial charge in [-0.15, -0.1) is 0 Å². The normalized spacial score (nSPS) is 14.0. The fourth-order valence-electron chi connectivity index (χ4n) is 3.73. The second-order valence-electron chi connectivity index (χ2n) is 8.16. The molecule has 1 fully saturated rings. The maximum atomic E-state index is 13.1. The number of likely N-dealkylation sites (N-methyl/N-ethyl adjacent to an activating group) is 1. The maximum Gasteiger partial charge on any atom is 0.416 e. The molecule has 2 aromatic carbocycles. The van der Waals surface area contributed by atoms with Crippen LogP contribution in [0.1, 0.15) is 45.9 Å². The van der Waals surface area contributed by atoms with E-state index in [1.165, 1.54) is 22.5 Å². The minimum absolute atomic E-state index is 0.133. The van der Waals surface area contributed by atoms with E-state index in [9.17, 15) is 18.0 Å². The predicted molar refractivity (Wildman–Crippen MR) is 116 cm³/mol. The van der Waals surface area contributed by atoms with Gasteiger partial charge in [0.1, 0.15) is 0 Å². The molecule has 1 aliphatic rings. The molecule has 168 valence electrons. The number of rotatable bonds is 8. The Morgan fingerprint density at radius 2 is 1.91 bits per heavy atom. The smallest absolute Gasteiger partial charge is 0.351 e. The molecule has 0 bridgehead atoms. The van der Waals surface area contributed by atoms with Gasteiger partial charge in [-0.1, -0.05) is 36.4 Å². The third-order valence-electron chi connectivity index (χ3n) is 5.51. The molecule has 3 aromatic rings. The number of hydrogen-bond donors (Lipinski definition) is 1. The summed E-state index contributed by atoms with van der Waals surface area (Å²) in [5, 5.41) is 7.19. The number of aromatic nitrogens is 2. The molecule has 0 atom stereocenters. The van der Waals surface area contributed by atoms with Crippen LogP contribution in [0.3, 0.4) is 0 Å². The molecule has 1 aromatic heterocycles. The first-order valence-corrected chi connectivity index (χ1v) is 10.6. The van der Waals surface area contributed by atoms with Crippen molar-refractivity contribution in [2.75, 3.05) is 20.1 Å². The first kappa shape index (κ1) is 22.1. The molecular weight excluding hydrogens is 417 g/mol. The van der Waals surface area contributed by atoms with Gasteiger partial charge in [0.15, 0.2) is 0 Å². The Hall–Kier alpha value is -3.13. The fraction of sp³-hybridized carbons (Fsp3) is 0.333. The van der Waals surface area contributed by atoms with E-state index in [1.54, 1.807) is 6.07 Å². The molecule has 1 saturated carbocycles. The van der Waals surface area contributed by atoms with E-state index in [1.807, 2.05) is 25.2 Å². The molecule has 32 heavy (non-hydrogen) atoms. The van der Waals surface area contributed by atoms with Crippen molar-refractivity contribution in [3.05, 3.63) is 83.2 Å². The Morgan fingerprint density at radius 3 is 2.59 bits per heavy atom. The van der Waals surface area contributed by atoms with Gasteiger partial charge in [0.2, 0.25) is 0 Å². The number of hydrogen-bond acceptors (Lipinski definition) is 3. The van der Waals surface area contributed by atoms with E-state index in [-0.39, 0.29) is 11.8 Å². The molecule has 0 aliphatic heterocycles. The van der Waals surface area contributed by atoms with Crippen LogP contribution in [0.25, 0.3) is 5.69 Å². The highest BCUT2D eigenvalue weighted by atomic mass is 19.4. The first-order chi connectivity index (χ1) is 15.3. The zero-order chi connectivity index (χ0) is 22.7. The number of nitrogens with zero attached hydrogens (tertiary/aromatic N) is 3. The lowest BCUT2D eigenvalue weighted by Crippen LogP contribution is -2.33. The lowest BCUT2D eigenvalue weighted by atomic mass is 10.1. The zero-order valence-electron chi connectivity index (χ0n) is 17.8. The van der Waals surface area contributed by atoms with Gasteiger partial charge in [0.05, 0.1) is 28.7 Å². The SMILES string of the molecule is CN(CCNC(=O)c1cnn(-c2cccc(C(F)(F)F)c2)c1C1CC1)Cc1ccccc1. The summed E-state index contributed by atoms with van der Waals surface area (Å²) in [6.45, 7) is 1.90. The van der Waals surface area contributed by atoms with Crippen LogP contribution in [0.4, 0.5) is 13.2 Å². The molecule has 4 rings (SSSR count). The number of amides is 1. The Labute approximate surface area is 184 Å². The van der Waals surface area contributed by atoms with Crippen molar-refractivity contribution in [2.24, 2.45) is 0 Å². The van der Waals surface area contributed by atoms with Crippen molar-refractivity contribution in [1.82, 2.24) is 20.0 Å². The van der Waals surface area contributed by atoms with Crippen LogP contribution in [0.5, 0.6) is 0 Å². The third-order valence-corrected chi connectivity index (χ3v) is 5.51. The standard InChI is InChI=1S/C24H25F3N4O/c1-30(16-17-6-3-2-4-7-17)13-12-28-23(32)21-15-29-31(22(21)18-10-11-18)20-9-5-8-19(14-20)24(25,26)27/h2-9,14-15,18H,10-13,16H2,1H3,(H,28,32). The van der Waals surface area contributed by atoms with Gasteiger partial charge in [0, 0.05) is 25.6 Å². The Kier molecular flexibility index (Phi) is 6.32. The molecule has 0 spiro atoms. The molecule has 8 heteroatoms. The highest BCUT2D eigenvalue weighted by Crippen LogP contribution is 2.42. The summed E-state index contributed by atoms with van der Waals surface area (Å²) in [4.78, 5) is 15.0. The summed E-state index contributed by atoms with van der Waals surface area (Å²) in [6.07, 6.45) is -1.19. The second-order valence-corrected chi connectivity index (χ2v) is 8.16. The molecule has 1 N–H and O–H groups in total. The van der Waals surface area contributed by atoms with E-state index < -0.39 is 11.7 Å². The summed E-state index contributed by atoms with van der Waals surface area (Å²) in [5.74, 6) is -0.119. The molecule has 1 aliphatic carbocycles. The van der Waals surface area contributed by atoms with E-state index in [0.29, 0.717) is 30.0 Å². The van der Waals surface area contributed by atoms with Crippen molar-refractivity contribution in [3.8, 4) is 5.69 Å². The van der Waals surface area contributed by atoms with Crippen LogP contribution in [-0.2, 0) is 12.7 Å². The van der Waals surface area contributed by atoms with Crippen LogP contribution in [0.2, 0.25) is 0 Å². The van der Waals surface area contributed by atoms with E-state index in [4.69, 9.17) is 0 Å². The number of carbonyl (C=O) groups is 1. The summed E-state index contributed by atoms with van der Waals surface area (Å²) < 4.78 is 40.9. The van der Waals surface area contributed by atoms with Gasteiger partial charge in [-0.25, -0.2) is 4.68 Å². The summed E-state index contributed by atoms with van der Waals surface area (Å²) in [5.41, 5.74) is 1.87. The number of alkyl halides is 3. The summed E-state index contributed by atoms with van der Waals surface area (Å²) >= 11 is 0. The van der Waals surface area contributed by atoms with Gasteiger partial charge in [-0.05, 0) is 43.7 Å². The lowest BCUT2D eigenvalue weighted by Gasteiger charge is -2.17. The van der Waals surface area contributed by atoms with Gasteiger partial charge < -0.3 is 10.2 Å². The lowest BCUT2D eigenvalue weighted by molar-refractivity contribution is -0.137. The van der Waals surface area contributed by atoms with E-state index >= 15 is 0 Å². The maximum absolute atomic E-state index is 13.1. The average molecular weight is 442 g/mol. The van der Waals surface area contributed by atoms with Crippen molar-refractivity contribution in [1.29, 1.82) is 0 Å². The van der Waals surface area contributed by atoms with Crippen LogP contribution in [0, 0.1) is 0 Å². The highest BCUT2D eigenvalue weighted by molar-refractivity contribution is 5.95. The first-order valence-electron chi connectivity index (χ1n) is 10.6. The molecule has 0 saturated heterocycles. The molecular formula is C24H25F3N4O. The van der Waals surface area contributed by atoms with Crippen LogP contribution in [0.15, 0.2) is 60.8 Å². The minimum atomic E-state index is -4.44. The fourth-order valence-corrected chi connectivity index (χ4v) is 3.73. The minimum Gasteiger partial charge on any atom is -0.351 e. The number of benzene rings is 2. The quantitative estimate of drug-likeness (QED) is 0.553. The van der Waals surface area contributed by atoms with Crippen molar-refractivity contribution >= 4 is 5.91 Å². The van der Waals surface area contributed by atoms with Gasteiger partial charge in [-0.2, -0.15) is 18.3 Å². The average Bonchev–Trinajstić information content (AvgIpc) is 3.51. The van der Waals surface area contributed by atoms with Crippen LogP contribution in [-0.4, -0.2) is 40.7 Å². The monoisotopic (exact) mass is 442 g/mol. The Morgan fingerprint density at radius 1 is 1.16 bits per heavy atom. The second kappa shape index (κ2) is 9.16. The number of nitrogens with one attached hydrogen (secondary N) is 1. The largest absolute Gasteiger partial charge is 0.416 e. The molecule has 0 radical (unpaired) electrons. The van der Waals surface area contributed by atoms with Crippen LogP contribution < -0.4 is 5.32 Å². The van der Waals surface area contributed by atoms with Crippen molar-refractivity contribution < 1.29 is 18.0 Å². The predicted octanol–water partition coefficient (Wildman–Crippen LogP) is 4.63.